The minimum atomic E-state index is -3.64. The number of anilines is 1. The third-order valence-electron chi connectivity index (χ3n) is 4.61. The van der Waals surface area contributed by atoms with Crippen LogP contribution < -0.4 is 10.9 Å². The molecule has 0 atom stereocenters. The van der Waals surface area contributed by atoms with Crippen LogP contribution >= 0.6 is 0 Å². The van der Waals surface area contributed by atoms with Crippen molar-refractivity contribution in [2.24, 2.45) is 0 Å². The van der Waals surface area contributed by atoms with Crippen LogP contribution in [0.1, 0.15) is 23.1 Å². The van der Waals surface area contributed by atoms with E-state index < -0.39 is 15.7 Å². The maximum absolute atomic E-state index is 12.9. The number of aryl methyl sites for hydroxylation is 1. The molecule has 0 aliphatic heterocycles. The van der Waals surface area contributed by atoms with E-state index in [0.717, 1.165) is 6.26 Å². The molecule has 1 amide bonds. The Labute approximate surface area is 177 Å². The molecular weight excluding hydrogens is 418 g/mol. The summed E-state index contributed by atoms with van der Waals surface area (Å²) in [4.78, 5) is 36.0. The number of fused-ring (bicyclic) bond motifs is 1. The first-order valence-corrected chi connectivity index (χ1v) is 11.3. The Morgan fingerprint density at radius 2 is 1.94 bits per heavy atom. The maximum atomic E-state index is 12.9. The number of H-pyrrole nitrogens is 1. The molecule has 0 fully saturated rings. The lowest BCUT2D eigenvalue weighted by Crippen LogP contribution is -2.13. The summed E-state index contributed by atoms with van der Waals surface area (Å²) < 4.78 is 25.5. The number of nitrogens with zero attached hydrogens (tertiary/aromatic N) is 3. The van der Waals surface area contributed by atoms with Crippen molar-refractivity contribution in [1.82, 2.24) is 19.4 Å². The highest BCUT2D eigenvalue weighted by Crippen LogP contribution is 2.21. The number of carbonyl (C=O) groups is 1. The van der Waals surface area contributed by atoms with Crippen molar-refractivity contribution >= 4 is 26.9 Å². The second-order valence-electron chi connectivity index (χ2n) is 6.94. The molecule has 3 aromatic heterocycles. The number of aromatic amines is 1. The molecule has 0 unspecified atom stereocenters. The van der Waals surface area contributed by atoms with Gasteiger partial charge in [0.05, 0.1) is 5.52 Å². The molecule has 0 saturated heterocycles. The maximum Gasteiger partial charge on any atom is 0.276 e. The topological polar surface area (TPSA) is 126 Å². The second kappa shape index (κ2) is 7.80. The van der Waals surface area contributed by atoms with Crippen molar-refractivity contribution in [2.45, 2.75) is 18.5 Å². The summed E-state index contributed by atoms with van der Waals surface area (Å²) in [6.45, 7) is 1.90. The Morgan fingerprint density at radius 1 is 1.13 bits per heavy atom. The molecule has 0 spiro atoms. The van der Waals surface area contributed by atoms with Crippen LogP contribution in [0, 0.1) is 0 Å². The number of pyridine rings is 1. The van der Waals surface area contributed by atoms with Gasteiger partial charge in [-0.05, 0) is 30.7 Å². The number of aromatic nitrogens is 4. The highest BCUT2D eigenvalue weighted by molar-refractivity contribution is 7.90. The molecular formula is C21H19N5O4S. The smallest absolute Gasteiger partial charge is 0.276 e. The zero-order valence-electron chi connectivity index (χ0n) is 16.8. The lowest BCUT2D eigenvalue weighted by molar-refractivity contribution is 0.102. The highest BCUT2D eigenvalue weighted by Gasteiger charge is 2.22. The van der Waals surface area contributed by atoms with Gasteiger partial charge in [0.2, 0.25) is 15.0 Å². The standard InChI is InChI=1S/C21H19N5O4S/c1-3-14-12-17(27)24-19(22-14)13-7-6-8-15(11-13)23-20(28)18-16-9-4-5-10-26(16)21(25-18)31(2,29)30/h4-12H,3H2,1-2H3,(H,23,28)(H,22,24,27). The van der Waals surface area contributed by atoms with E-state index >= 15 is 0 Å². The quantitative estimate of drug-likeness (QED) is 0.493. The zero-order valence-corrected chi connectivity index (χ0v) is 17.6. The van der Waals surface area contributed by atoms with Crippen LogP contribution in [0.2, 0.25) is 0 Å². The van der Waals surface area contributed by atoms with E-state index in [1.165, 1.54) is 10.5 Å². The van der Waals surface area contributed by atoms with Crippen LogP contribution in [0.3, 0.4) is 0 Å². The molecule has 0 radical (unpaired) electrons. The number of nitrogens with one attached hydrogen (secondary N) is 2. The van der Waals surface area contributed by atoms with Gasteiger partial charge in [-0.25, -0.2) is 18.4 Å². The Morgan fingerprint density at radius 3 is 2.68 bits per heavy atom. The molecule has 4 aromatic rings. The number of hydrogen-bond acceptors (Lipinski definition) is 6. The van der Waals surface area contributed by atoms with Crippen molar-refractivity contribution < 1.29 is 13.2 Å². The summed E-state index contributed by atoms with van der Waals surface area (Å²) in [5.41, 5.74) is 1.84. The van der Waals surface area contributed by atoms with Crippen molar-refractivity contribution in [2.75, 3.05) is 11.6 Å². The van der Waals surface area contributed by atoms with Gasteiger partial charge in [0.15, 0.2) is 5.69 Å². The summed E-state index contributed by atoms with van der Waals surface area (Å²) in [7, 11) is -3.64. The van der Waals surface area contributed by atoms with Gasteiger partial charge in [-0.2, -0.15) is 0 Å². The summed E-state index contributed by atoms with van der Waals surface area (Å²) >= 11 is 0. The molecule has 3 heterocycles. The van der Waals surface area contributed by atoms with Gasteiger partial charge in [0, 0.05) is 35.5 Å². The Kier molecular flexibility index (Phi) is 5.15. The molecule has 4 rings (SSSR count). The van der Waals surface area contributed by atoms with Crippen molar-refractivity contribution in [3.05, 3.63) is 76.5 Å². The molecule has 0 saturated carbocycles. The van der Waals surface area contributed by atoms with Crippen molar-refractivity contribution in [1.29, 1.82) is 0 Å². The SMILES string of the molecule is CCc1cc(=O)[nH]c(-c2cccc(NC(=O)c3nc(S(C)(=O)=O)n4ccccc34)c2)n1. The van der Waals surface area contributed by atoms with Gasteiger partial charge in [0.1, 0.15) is 5.82 Å². The zero-order chi connectivity index (χ0) is 22.2. The molecule has 0 aliphatic carbocycles. The molecule has 1 aromatic carbocycles. The van der Waals surface area contributed by atoms with Crippen LogP contribution in [0.5, 0.6) is 0 Å². The molecule has 31 heavy (non-hydrogen) atoms. The van der Waals surface area contributed by atoms with Crippen molar-refractivity contribution in [3.63, 3.8) is 0 Å². The molecule has 9 nitrogen and oxygen atoms in total. The predicted molar refractivity (Wildman–Crippen MR) is 116 cm³/mol. The highest BCUT2D eigenvalue weighted by atomic mass is 32.2. The molecule has 2 N–H and O–H groups in total. The van der Waals surface area contributed by atoms with E-state index in [1.807, 2.05) is 6.92 Å². The Bertz CT molecular complexity index is 1470. The lowest BCUT2D eigenvalue weighted by Gasteiger charge is -2.07. The van der Waals surface area contributed by atoms with Gasteiger partial charge in [0.25, 0.3) is 11.5 Å². The molecule has 0 aliphatic rings. The third-order valence-corrected chi connectivity index (χ3v) is 5.56. The minimum Gasteiger partial charge on any atom is -0.321 e. The average molecular weight is 437 g/mol. The predicted octanol–water partition coefficient (Wildman–Crippen LogP) is 2.30. The number of sulfone groups is 1. The fraction of sp³-hybridized carbons (Fsp3) is 0.143. The van der Waals surface area contributed by atoms with E-state index in [2.05, 4.69) is 20.3 Å². The summed E-state index contributed by atoms with van der Waals surface area (Å²) in [5, 5.41) is 2.53. The first-order chi connectivity index (χ1) is 14.8. The molecule has 158 valence electrons. The first kappa shape index (κ1) is 20.5. The van der Waals surface area contributed by atoms with Gasteiger partial charge < -0.3 is 10.3 Å². The second-order valence-corrected chi connectivity index (χ2v) is 8.85. The number of carbonyl (C=O) groups excluding carboxylic acids is 1. The Balaban J connectivity index is 1.70. The monoisotopic (exact) mass is 437 g/mol. The Hall–Kier alpha value is -3.79. The average Bonchev–Trinajstić information content (AvgIpc) is 3.14. The fourth-order valence-electron chi connectivity index (χ4n) is 3.20. The van der Waals surface area contributed by atoms with E-state index in [-0.39, 0.29) is 16.4 Å². The van der Waals surface area contributed by atoms with Gasteiger partial charge in [-0.3, -0.25) is 14.0 Å². The third kappa shape index (κ3) is 4.10. The van der Waals surface area contributed by atoms with Crippen LogP contribution in [0.25, 0.3) is 16.9 Å². The van der Waals surface area contributed by atoms with E-state index in [4.69, 9.17) is 0 Å². The normalized spacial score (nSPS) is 11.5. The summed E-state index contributed by atoms with van der Waals surface area (Å²) in [6.07, 6.45) is 3.19. The fourth-order valence-corrected chi connectivity index (χ4v) is 3.97. The van der Waals surface area contributed by atoms with Crippen LogP contribution in [-0.4, -0.2) is 39.9 Å². The van der Waals surface area contributed by atoms with Crippen LogP contribution in [-0.2, 0) is 16.3 Å². The number of benzene rings is 1. The lowest BCUT2D eigenvalue weighted by atomic mass is 10.1. The molecule has 10 heteroatoms. The van der Waals surface area contributed by atoms with Gasteiger partial charge in [-0.15, -0.1) is 0 Å². The number of imidazole rings is 1. The molecule has 0 bridgehead atoms. The number of hydrogen-bond donors (Lipinski definition) is 2. The van der Waals surface area contributed by atoms with E-state index in [1.54, 1.807) is 48.7 Å². The van der Waals surface area contributed by atoms with Crippen LogP contribution in [0.15, 0.2) is 64.7 Å². The first-order valence-electron chi connectivity index (χ1n) is 9.45. The van der Waals surface area contributed by atoms with Gasteiger partial charge >= 0.3 is 0 Å². The number of rotatable bonds is 5. The minimum absolute atomic E-state index is 0.00839. The van der Waals surface area contributed by atoms with E-state index in [0.29, 0.717) is 34.7 Å². The van der Waals surface area contributed by atoms with Gasteiger partial charge in [-0.1, -0.05) is 25.1 Å². The van der Waals surface area contributed by atoms with Crippen LogP contribution in [0.4, 0.5) is 5.69 Å². The summed E-state index contributed by atoms with van der Waals surface area (Å²) in [6, 6.07) is 13.3. The van der Waals surface area contributed by atoms with E-state index in [9.17, 15) is 18.0 Å². The van der Waals surface area contributed by atoms with Crippen molar-refractivity contribution in [3.8, 4) is 11.4 Å². The number of amides is 1. The largest absolute Gasteiger partial charge is 0.321 e. The summed E-state index contributed by atoms with van der Waals surface area (Å²) in [5.74, 6) is -0.160.